The van der Waals surface area contributed by atoms with Gasteiger partial charge in [-0.15, -0.1) is 0 Å². The van der Waals surface area contributed by atoms with Crippen molar-refractivity contribution in [1.29, 1.82) is 0 Å². The van der Waals surface area contributed by atoms with E-state index in [1.807, 2.05) is 13.0 Å². The van der Waals surface area contributed by atoms with Crippen LogP contribution in [0, 0.1) is 12.8 Å². The first-order valence-electron chi connectivity index (χ1n) is 7.33. The van der Waals surface area contributed by atoms with Crippen LogP contribution in [-0.2, 0) is 11.3 Å². The van der Waals surface area contributed by atoms with Gasteiger partial charge in [0.2, 0.25) is 0 Å². The highest BCUT2D eigenvalue weighted by Crippen LogP contribution is 2.03. The van der Waals surface area contributed by atoms with Gasteiger partial charge in [-0.2, -0.15) is 0 Å². The lowest BCUT2D eigenvalue weighted by molar-refractivity contribution is 0.0346. The third-order valence-corrected chi connectivity index (χ3v) is 2.90. The van der Waals surface area contributed by atoms with E-state index in [0.717, 1.165) is 24.5 Å². The predicted octanol–water partition coefficient (Wildman–Crippen LogP) is 1.69. The smallest absolute Gasteiger partial charge is 0.125 e. The molecule has 1 rings (SSSR count). The maximum atomic E-state index is 9.77. The molecular weight excluding hydrogens is 254 g/mol. The van der Waals surface area contributed by atoms with Gasteiger partial charge in [-0.3, -0.25) is 0 Å². The van der Waals surface area contributed by atoms with Crippen molar-refractivity contribution in [1.82, 2.24) is 15.3 Å². The van der Waals surface area contributed by atoms with Crippen molar-refractivity contribution in [3.63, 3.8) is 0 Å². The van der Waals surface area contributed by atoms with Crippen molar-refractivity contribution in [2.24, 2.45) is 5.92 Å². The molecule has 0 radical (unpaired) electrons. The SMILES string of the molecule is Cc1nccc(CNCC(O)COCCCC(C)C)n1. The summed E-state index contributed by atoms with van der Waals surface area (Å²) in [5, 5.41) is 12.9. The molecule has 114 valence electrons. The van der Waals surface area contributed by atoms with Crippen LogP contribution in [0.2, 0.25) is 0 Å². The summed E-state index contributed by atoms with van der Waals surface area (Å²) < 4.78 is 5.45. The van der Waals surface area contributed by atoms with Gasteiger partial charge in [0.1, 0.15) is 5.82 Å². The van der Waals surface area contributed by atoms with E-state index >= 15 is 0 Å². The third kappa shape index (κ3) is 8.19. The molecule has 0 aliphatic rings. The lowest BCUT2D eigenvalue weighted by atomic mass is 10.1. The maximum absolute atomic E-state index is 9.77. The Bertz CT molecular complexity index is 372. The standard InChI is InChI=1S/C15H27N3O2/c1-12(2)5-4-8-20-11-15(19)10-16-9-14-6-7-17-13(3)18-14/h6-7,12,15-16,19H,4-5,8-11H2,1-3H3. The molecule has 0 amide bonds. The Morgan fingerprint density at radius 3 is 2.90 bits per heavy atom. The Labute approximate surface area is 121 Å². The van der Waals surface area contributed by atoms with Crippen LogP contribution in [0.1, 0.15) is 38.2 Å². The van der Waals surface area contributed by atoms with E-state index in [0.29, 0.717) is 25.6 Å². The van der Waals surface area contributed by atoms with Crippen LogP contribution in [0.25, 0.3) is 0 Å². The number of hydrogen-bond donors (Lipinski definition) is 2. The van der Waals surface area contributed by atoms with Crippen molar-refractivity contribution >= 4 is 0 Å². The zero-order valence-electron chi connectivity index (χ0n) is 12.8. The van der Waals surface area contributed by atoms with Crippen molar-refractivity contribution in [2.45, 2.75) is 46.3 Å². The largest absolute Gasteiger partial charge is 0.389 e. The molecule has 1 unspecified atom stereocenters. The molecule has 0 aliphatic heterocycles. The average molecular weight is 281 g/mol. The molecule has 0 spiro atoms. The zero-order valence-corrected chi connectivity index (χ0v) is 12.8. The average Bonchev–Trinajstić information content (AvgIpc) is 2.38. The number of aliphatic hydroxyl groups is 1. The van der Waals surface area contributed by atoms with Crippen molar-refractivity contribution in [2.75, 3.05) is 19.8 Å². The van der Waals surface area contributed by atoms with Crippen LogP contribution in [0.15, 0.2) is 12.3 Å². The molecule has 20 heavy (non-hydrogen) atoms. The summed E-state index contributed by atoms with van der Waals surface area (Å²) in [4.78, 5) is 8.33. The van der Waals surface area contributed by atoms with Crippen LogP contribution in [-0.4, -0.2) is 40.9 Å². The number of ether oxygens (including phenoxy) is 1. The topological polar surface area (TPSA) is 67.3 Å². The molecule has 5 nitrogen and oxygen atoms in total. The molecule has 1 aromatic heterocycles. The monoisotopic (exact) mass is 281 g/mol. The maximum Gasteiger partial charge on any atom is 0.125 e. The van der Waals surface area contributed by atoms with Crippen molar-refractivity contribution < 1.29 is 9.84 Å². The molecule has 1 atom stereocenters. The number of hydrogen-bond acceptors (Lipinski definition) is 5. The first-order chi connectivity index (χ1) is 9.58. The highest BCUT2D eigenvalue weighted by molar-refractivity contribution is 5.00. The summed E-state index contributed by atoms with van der Waals surface area (Å²) in [6, 6.07) is 1.87. The number of aromatic nitrogens is 2. The fourth-order valence-electron chi connectivity index (χ4n) is 1.84. The van der Waals surface area contributed by atoms with Gasteiger partial charge in [-0.05, 0) is 31.7 Å². The molecule has 1 aromatic rings. The summed E-state index contributed by atoms with van der Waals surface area (Å²) in [6.07, 6.45) is 3.49. The van der Waals surface area contributed by atoms with Crippen molar-refractivity contribution in [3.05, 3.63) is 23.8 Å². The van der Waals surface area contributed by atoms with Gasteiger partial charge in [0.15, 0.2) is 0 Å². The first kappa shape index (κ1) is 17.0. The lowest BCUT2D eigenvalue weighted by Crippen LogP contribution is -2.30. The summed E-state index contributed by atoms with van der Waals surface area (Å²) >= 11 is 0. The molecule has 0 saturated heterocycles. The van der Waals surface area contributed by atoms with Crippen LogP contribution in [0.3, 0.4) is 0 Å². The second-order valence-corrected chi connectivity index (χ2v) is 5.49. The van der Waals surface area contributed by atoms with Gasteiger partial charge in [-0.1, -0.05) is 13.8 Å². The highest BCUT2D eigenvalue weighted by atomic mass is 16.5. The van der Waals surface area contributed by atoms with Gasteiger partial charge in [0, 0.05) is 25.9 Å². The second-order valence-electron chi connectivity index (χ2n) is 5.49. The Morgan fingerprint density at radius 2 is 2.20 bits per heavy atom. The molecule has 1 heterocycles. The molecule has 0 aromatic carbocycles. The van der Waals surface area contributed by atoms with E-state index in [4.69, 9.17) is 4.74 Å². The van der Waals surface area contributed by atoms with Crippen molar-refractivity contribution in [3.8, 4) is 0 Å². The minimum Gasteiger partial charge on any atom is -0.389 e. The molecule has 0 fully saturated rings. The predicted molar refractivity (Wildman–Crippen MR) is 79.4 cm³/mol. The summed E-state index contributed by atoms with van der Waals surface area (Å²) in [7, 11) is 0. The molecule has 0 aliphatic carbocycles. The number of nitrogens with zero attached hydrogens (tertiary/aromatic N) is 2. The minimum atomic E-state index is -0.475. The first-order valence-corrected chi connectivity index (χ1v) is 7.33. The van der Waals surface area contributed by atoms with E-state index in [1.54, 1.807) is 6.20 Å². The Kier molecular flexibility index (Phi) is 8.34. The third-order valence-electron chi connectivity index (χ3n) is 2.90. The number of nitrogens with one attached hydrogen (secondary N) is 1. The fourth-order valence-corrected chi connectivity index (χ4v) is 1.84. The lowest BCUT2D eigenvalue weighted by Gasteiger charge is -2.12. The summed E-state index contributed by atoms with van der Waals surface area (Å²) in [6.45, 7) is 8.51. The second kappa shape index (κ2) is 9.80. The molecule has 0 bridgehead atoms. The van der Waals surface area contributed by atoms with Crippen LogP contribution >= 0.6 is 0 Å². The number of aliphatic hydroxyl groups excluding tert-OH is 1. The summed E-state index contributed by atoms with van der Waals surface area (Å²) in [5.74, 6) is 1.47. The van der Waals surface area contributed by atoms with Crippen LogP contribution in [0.5, 0.6) is 0 Å². The van der Waals surface area contributed by atoms with E-state index < -0.39 is 6.10 Å². The summed E-state index contributed by atoms with van der Waals surface area (Å²) in [5.41, 5.74) is 0.933. The van der Waals surface area contributed by atoms with Gasteiger partial charge in [-0.25, -0.2) is 9.97 Å². The van der Waals surface area contributed by atoms with Crippen LogP contribution in [0.4, 0.5) is 0 Å². The highest BCUT2D eigenvalue weighted by Gasteiger charge is 2.04. The van der Waals surface area contributed by atoms with Crippen LogP contribution < -0.4 is 5.32 Å². The normalized spacial score (nSPS) is 12.8. The number of aryl methyl sites for hydroxylation is 1. The quantitative estimate of drug-likeness (QED) is 0.639. The molecule has 2 N–H and O–H groups in total. The Hall–Kier alpha value is -1.04. The molecular formula is C15H27N3O2. The number of rotatable bonds is 10. The fraction of sp³-hybridized carbons (Fsp3) is 0.733. The van der Waals surface area contributed by atoms with Gasteiger partial charge in [0.05, 0.1) is 18.4 Å². The molecule has 0 saturated carbocycles. The van der Waals surface area contributed by atoms with E-state index in [9.17, 15) is 5.11 Å². The van der Waals surface area contributed by atoms with Gasteiger partial charge in [0.25, 0.3) is 0 Å². The Balaban J connectivity index is 2.04. The van der Waals surface area contributed by atoms with Gasteiger partial charge < -0.3 is 15.2 Å². The van der Waals surface area contributed by atoms with E-state index in [1.165, 1.54) is 6.42 Å². The molecule has 5 heteroatoms. The van der Waals surface area contributed by atoms with E-state index in [-0.39, 0.29) is 0 Å². The zero-order chi connectivity index (χ0) is 14.8. The Morgan fingerprint density at radius 1 is 1.40 bits per heavy atom. The van der Waals surface area contributed by atoms with Gasteiger partial charge >= 0.3 is 0 Å². The van der Waals surface area contributed by atoms with E-state index in [2.05, 4.69) is 29.1 Å². The minimum absolute atomic E-state index is 0.383.